The van der Waals surface area contributed by atoms with Crippen molar-refractivity contribution in [1.29, 1.82) is 0 Å². The number of carbonyl (C=O) groups is 1. The summed E-state index contributed by atoms with van der Waals surface area (Å²) >= 11 is 1.52. The molecule has 8 nitrogen and oxygen atoms in total. The highest BCUT2D eigenvalue weighted by Crippen LogP contribution is 2.26. The van der Waals surface area contributed by atoms with Gasteiger partial charge in [0.2, 0.25) is 5.89 Å². The van der Waals surface area contributed by atoms with Crippen molar-refractivity contribution in [3.05, 3.63) is 47.2 Å². The van der Waals surface area contributed by atoms with E-state index in [2.05, 4.69) is 25.7 Å². The zero-order valence-corrected chi connectivity index (χ0v) is 16.3. The molecule has 0 spiro atoms. The molecule has 0 atom stereocenters. The largest absolute Gasteiger partial charge is 0.496 e. The van der Waals surface area contributed by atoms with Crippen molar-refractivity contribution in [2.45, 2.75) is 6.54 Å². The third-order valence-corrected chi connectivity index (χ3v) is 5.37. The Hall–Kier alpha value is -2.91. The molecule has 0 aliphatic carbocycles. The lowest BCUT2D eigenvalue weighted by Gasteiger charge is -2.29. The number of nitrogens with zero attached hydrogens (tertiary/aromatic N) is 3. The summed E-state index contributed by atoms with van der Waals surface area (Å²) in [5, 5.41) is 16.1. The number of piperazine rings is 1. The van der Waals surface area contributed by atoms with E-state index >= 15 is 0 Å². The predicted molar refractivity (Wildman–Crippen MR) is 107 cm³/mol. The summed E-state index contributed by atoms with van der Waals surface area (Å²) in [6.07, 6.45) is 0. The van der Waals surface area contributed by atoms with Crippen molar-refractivity contribution in [2.75, 3.05) is 38.2 Å². The number of methoxy groups -OCH3 is 1. The van der Waals surface area contributed by atoms with E-state index in [4.69, 9.17) is 9.15 Å². The second kappa shape index (κ2) is 8.41. The summed E-state index contributed by atoms with van der Waals surface area (Å²) in [4.78, 5) is 15.8. The maximum Gasteiger partial charge on any atom is 0.257 e. The molecular formula is C19H21N5O3S. The van der Waals surface area contributed by atoms with Gasteiger partial charge in [-0.25, -0.2) is 0 Å². The molecule has 1 saturated heterocycles. The van der Waals surface area contributed by atoms with Gasteiger partial charge >= 0.3 is 0 Å². The lowest BCUT2D eigenvalue weighted by molar-refractivity contribution is 0.0944. The highest BCUT2D eigenvalue weighted by molar-refractivity contribution is 7.13. The first kappa shape index (κ1) is 18.5. The monoisotopic (exact) mass is 399 g/mol. The molecule has 0 bridgehead atoms. The Morgan fingerprint density at radius 2 is 2.18 bits per heavy atom. The number of nitrogens with one attached hydrogen (secondary N) is 2. The smallest absolute Gasteiger partial charge is 0.257 e. The van der Waals surface area contributed by atoms with E-state index in [-0.39, 0.29) is 12.5 Å². The van der Waals surface area contributed by atoms with Gasteiger partial charge in [-0.1, -0.05) is 6.07 Å². The molecule has 146 valence electrons. The van der Waals surface area contributed by atoms with Gasteiger partial charge in [-0.05, 0) is 23.6 Å². The molecule has 2 aromatic heterocycles. The lowest BCUT2D eigenvalue weighted by atomic mass is 10.1. The average Bonchev–Trinajstić information content (AvgIpc) is 3.44. The van der Waals surface area contributed by atoms with Crippen LogP contribution in [-0.2, 0) is 6.54 Å². The van der Waals surface area contributed by atoms with Crippen molar-refractivity contribution in [3.63, 3.8) is 0 Å². The molecule has 0 radical (unpaired) electrons. The maximum absolute atomic E-state index is 12.6. The van der Waals surface area contributed by atoms with Gasteiger partial charge in [0.25, 0.3) is 11.8 Å². The van der Waals surface area contributed by atoms with E-state index in [1.165, 1.54) is 11.3 Å². The van der Waals surface area contributed by atoms with Gasteiger partial charge in [-0.15, -0.1) is 21.5 Å². The second-order valence-corrected chi connectivity index (χ2v) is 7.23. The maximum atomic E-state index is 12.6. The highest BCUT2D eigenvalue weighted by atomic mass is 32.1. The van der Waals surface area contributed by atoms with Crippen LogP contribution in [0.15, 0.2) is 40.1 Å². The minimum atomic E-state index is -0.250. The van der Waals surface area contributed by atoms with Crippen molar-refractivity contribution in [3.8, 4) is 16.5 Å². The Labute approximate surface area is 166 Å². The quantitative estimate of drug-likeness (QED) is 0.656. The van der Waals surface area contributed by atoms with Gasteiger partial charge < -0.3 is 24.7 Å². The molecule has 1 aromatic carbocycles. The van der Waals surface area contributed by atoms with Crippen LogP contribution >= 0.6 is 11.3 Å². The number of rotatable bonds is 6. The number of ether oxygens (including phenoxy) is 1. The highest BCUT2D eigenvalue weighted by Gasteiger charge is 2.17. The first-order valence-electron chi connectivity index (χ1n) is 9.03. The van der Waals surface area contributed by atoms with Crippen LogP contribution < -0.4 is 20.3 Å². The molecule has 1 aliphatic rings. The summed E-state index contributed by atoms with van der Waals surface area (Å²) in [5.41, 5.74) is 1.52. The van der Waals surface area contributed by atoms with E-state index in [0.717, 1.165) is 36.7 Å². The first-order chi connectivity index (χ1) is 13.7. The van der Waals surface area contributed by atoms with E-state index in [0.29, 0.717) is 23.1 Å². The van der Waals surface area contributed by atoms with E-state index in [1.807, 2.05) is 29.6 Å². The number of aromatic nitrogens is 2. The molecule has 2 N–H and O–H groups in total. The van der Waals surface area contributed by atoms with Crippen LogP contribution in [0.1, 0.15) is 16.2 Å². The minimum Gasteiger partial charge on any atom is -0.496 e. The molecule has 1 fully saturated rings. The summed E-state index contributed by atoms with van der Waals surface area (Å²) in [7, 11) is 1.57. The standard InChI is InChI=1S/C19H21N5O3S/c1-26-15-11-13(24-8-6-20-7-9-24)4-5-14(15)18(25)21-12-17-22-23-19(27-17)16-3-2-10-28-16/h2-5,10-11,20H,6-9,12H2,1H3,(H,21,25). The molecule has 0 saturated carbocycles. The molecule has 1 amide bonds. The van der Waals surface area contributed by atoms with E-state index < -0.39 is 0 Å². The Kier molecular flexibility index (Phi) is 5.54. The molecule has 3 heterocycles. The fraction of sp³-hybridized carbons (Fsp3) is 0.316. The fourth-order valence-electron chi connectivity index (χ4n) is 3.06. The zero-order valence-electron chi connectivity index (χ0n) is 15.5. The van der Waals surface area contributed by atoms with Gasteiger partial charge in [-0.2, -0.15) is 0 Å². The molecule has 3 aromatic rings. The summed E-state index contributed by atoms with van der Waals surface area (Å²) in [6, 6.07) is 9.47. The Balaban J connectivity index is 1.42. The SMILES string of the molecule is COc1cc(N2CCNCC2)ccc1C(=O)NCc1nnc(-c2cccs2)o1. The number of carbonyl (C=O) groups excluding carboxylic acids is 1. The van der Waals surface area contributed by atoms with Crippen molar-refractivity contribution >= 4 is 22.9 Å². The van der Waals surface area contributed by atoms with Crippen LogP contribution in [0.5, 0.6) is 5.75 Å². The van der Waals surface area contributed by atoms with Crippen LogP contribution in [0, 0.1) is 0 Å². The molecule has 4 rings (SSSR count). The van der Waals surface area contributed by atoms with Gasteiger partial charge in [0.15, 0.2) is 0 Å². The Morgan fingerprint density at radius 1 is 1.32 bits per heavy atom. The molecule has 1 aliphatic heterocycles. The second-order valence-electron chi connectivity index (χ2n) is 6.28. The topological polar surface area (TPSA) is 92.5 Å². The fourth-order valence-corrected chi connectivity index (χ4v) is 3.71. The number of hydrogen-bond acceptors (Lipinski definition) is 8. The molecule has 9 heteroatoms. The predicted octanol–water partition coefficient (Wildman–Crippen LogP) is 2.15. The first-order valence-corrected chi connectivity index (χ1v) is 9.91. The number of anilines is 1. The number of benzene rings is 1. The summed E-state index contributed by atoms with van der Waals surface area (Å²) < 4.78 is 11.0. The van der Waals surface area contributed by atoms with E-state index in [9.17, 15) is 4.79 Å². The molecule has 0 unspecified atom stereocenters. The van der Waals surface area contributed by atoms with Crippen LogP contribution in [0.25, 0.3) is 10.8 Å². The zero-order chi connectivity index (χ0) is 19.3. The Bertz CT molecular complexity index is 935. The van der Waals surface area contributed by atoms with Crippen LogP contribution in [0.3, 0.4) is 0 Å². The van der Waals surface area contributed by atoms with Gasteiger partial charge in [0.05, 0.1) is 24.1 Å². The molecule has 28 heavy (non-hydrogen) atoms. The van der Waals surface area contributed by atoms with Gasteiger partial charge in [-0.3, -0.25) is 4.79 Å². The average molecular weight is 399 g/mol. The van der Waals surface area contributed by atoms with Crippen LogP contribution in [-0.4, -0.2) is 49.4 Å². The number of thiophene rings is 1. The number of hydrogen-bond donors (Lipinski definition) is 2. The minimum absolute atomic E-state index is 0.153. The third kappa shape index (κ3) is 4.00. The Morgan fingerprint density at radius 3 is 2.93 bits per heavy atom. The van der Waals surface area contributed by atoms with Crippen molar-refractivity contribution < 1.29 is 13.9 Å². The third-order valence-electron chi connectivity index (χ3n) is 4.51. The summed E-state index contributed by atoms with van der Waals surface area (Å²) in [6.45, 7) is 3.90. The van der Waals surface area contributed by atoms with E-state index in [1.54, 1.807) is 13.2 Å². The normalized spacial score (nSPS) is 14.1. The van der Waals surface area contributed by atoms with Crippen LogP contribution in [0.4, 0.5) is 5.69 Å². The van der Waals surface area contributed by atoms with Crippen molar-refractivity contribution in [1.82, 2.24) is 20.8 Å². The van der Waals surface area contributed by atoms with Gasteiger partial charge in [0, 0.05) is 37.9 Å². The van der Waals surface area contributed by atoms with Gasteiger partial charge in [0.1, 0.15) is 5.75 Å². The lowest BCUT2D eigenvalue weighted by Crippen LogP contribution is -2.43. The number of amides is 1. The molecular weight excluding hydrogens is 378 g/mol. The van der Waals surface area contributed by atoms with Crippen LogP contribution in [0.2, 0.25) is 0 Å². The van der Waals surface area contributed by atoms with Crippen molar-refractivity contribution in [2.24, 2.45) is 0 Å². The summed E-state index contributed by atoms with van der Waals surface area (Å²) in [5.74, 6) is 1.10.